The Balaban J connectivity index is 2.34. The molecule has 1 aromatic heterocycles. The van der Waals surface area contributed by atoms with Gasteiger partial charge < -0.3 is 14.5 Å². The summed E-state index contributed by atoms with van der Waals surface area (Å²) in [5, 5.41) is 3.40. The van der Waals surface area contributed by atoms with E-state index >= 15 is 0 Å². The van der Waals surface area contributed by atoms with E-state index in [9.17, 15) is 0 Å². The molecule has 0 aliphatic heterocycles. The van der Waals surface area contributed by atoms with Gasteiger partial charge in [-0.2, -0.15) is 0 Å². The third-order valence-electron chi connectivity index (χ3n) is 2.88. The van der Waals surface area contributed by atoms with Gasteiger partial charge in [0.05, 0.1) is 12.8 Å². The number of ether oxygens (including phenoxy) is 1. The summed E-state index contributed by atoms with van der Waals surface area (Å²) >= 11 is 0. The molecule has 18 heavy (non-hydrogen) atoms. The second-order valence-corrected chi connectivity index (χ2v) is 4.63. The van der Waals surface area contributed by atoms with Crippen LogP contribution in [0, 0.1) is 0 Å². The highest BCUT2D eigenvalue weighted by Gasteiger charge is 2.08. The molecule has 0 spiro atoms. The zero-order valence-electron chi connectivity index (χ0n) is 11.9. The van der Waals surface area contributed by atoms with Crippen molar-refractivity contribution in [2.75, 3.05) is 33.9 Å². The van der Waals surface area contributed by atoms with Gasteiger partial charge in [0.25, 0.3) is 0 Å². The molecule has 1 rings (SSSR count). The first kappa shape index (κ1) is 15.2. The Hall–Kier alpha value is -0.840. The number of furan rings is 1. The van der Waals surface area contributed by atoms with Crippen molar-refractivity contribution < 1.29 is 9.15 Å². The molecule has 0 aliphatic rings. The predicted molar refractivity (Wildman–Crippen MR) is 73.5 cm³/mol. The first-order chi connectivity index (χ1) is 8.77. The summed E-state index contributed by atoms with van der Waals surface area (Å²) in [4.78, 5) is 2.27. The van der Waals surface area contributed by atoms with Gasteiger partial charge in [-0.1, -0.05) is 6.92 Å². The molecule has 0 saturated heterocycles. The van der Waals surface area contributed by atoms with Crippen LogP contribution in [-0.2, 0) is 17.8 Å². The molecule has 1 aromatic rings. The number of methoxy groups -OCH3 is 1. The van der Waals surface area contributed by atoms with Crippen LogP contribution in [0.3, 0.4) is 0 Å². The van der Waals surface area contributed by atoms with Gasteiger partial charge in [-0.3, -0.25) is 4.90 Å². The van der Waals surface area contributed by atoms with Crippen LogP contribution in [0.2, 0.25) is 0 Å². The lowest BCUT2D eigenvalue weighted by Crippen LogP contribution is -2.21. The first-order valence-electron chi connectivity index (χ1n) is 6.71. The van der Waals surface area contributed by atoms with Gasteiger partial charge in [-0.05, 0) is 32.5 Å². The van der Waals surface area contributed by atoms with Gasteiger partial charge in [0, 0.05) is 32.4 Å². The fourth-order valence-electron chi connectivity index (χ4n) is 1.87. The third kappa shape index (κ3) is 5.67. The van der Waals surface area contributed by atoms with Crippen molar-refractivity contribution in [3.63, 3.8) is 0 Å². The summed E-state index contributed by atoms with van der Waals surface area (Å²) in [6.07, 6.45) is 3.99. The fourth-order valence-corrected chi connectivity index (χ4v) is 1.87. The minimum Gasteiger partial charge on any atom is -0.468 e. The Morgan fingerprint density at radius 2 is 2.28 bits per heavy atom. The molecule has 4 heteroatoms. The highest BCUT2D eigenvalue weighted by molar-refractivity contribution is 5.16. The first-order valence-corrected chi connectivity index (χ1v) is 6.71. The maximum atomic E-state index is 5.56. The van der Waals surface area contributed by atoms with E-state index in [0.717, 1.165) is 51.4 Å². The van der Waals surface area contributed by atoms with Gasteiger partial charge in [-0.15, -0.1) is 0 Å². The molecule has 104 valence electrons. The number of rotatable bonds is 10. The molecule has 0 fully saturated rings. The van der Waals surface area contributed by atoms with E-state index in [1.165, 1.54) is 5.56 Å². The topological polar surface area (TPSA) is 37.6 Å². The monoisotopic (exact) mass is 254 g/mol. The predicted octanol–water partition coefficient (Wildman–Crippen LogP) is 2.25. The maximum Gasteiger partial charge on any atom is 0.122 e. The van der Waals surface area contributed by atoms with Gasteiger partial charge >= 0.3 is 0 Å². The SMILES string of the molecule is CCCNCc1ccoc1CN(C)CCCOC. The van der Waals surface area contributed by atoms with Crippen molar-refractivity contribution in [1.29, 1.82) is 0 Å². The van der Waals surface area contributed by atoms with Crippen molar-refractivity contribution in [3.05, 3.63) is 23.7 Å². The Bertz CT molecular complexity index is 312. The molecule has 0 bridgehead atoms. The van der Waals surface area contributed by atoms with Crippen LogP contribution >= 0.6 is 0 Å². The molecular formula is C14H26N2O2. The molecular weight excluding hydrogens is 228 g/mol. The Labute approximate surface area is 110 Å². The summed E-state index contributed by atoms with van der Waals surface area (Å²) in [6, 6.07) is 2.06. The van der Waals surface area contributed by atoms with Crippen LogP contribution in [0.4, 0.5) is 0 Å². The van der Waals surface area contributed by atoms with Crippen LogP contribution < -0.4 is 5.32 Å². The second kappa shape index (κ2) is 9.14. The summed E-state index contributed by atoms with van der Waals surface area (Å²) in [7, 11) is 3.85. The molecule has 0 aliphatic carbocycles. The second-order valence-electron chi connectivity index (χ2n) is 4.63. The molecule has 0 unspecified atom stereocenters. The van der Waals surface area contributed by atoms with Crippen LogP contribution in [0.15, 0.2) is 16.7 Å². The fraction of sp³-hybridized carbons (Fsp3) is 0.714. The van der Waals surface area contributed by atoms with Crippen molar-refractivity contribution in [1.82, 2.24) is 10.2 Å². The molecule has 0 atom stereocenters. The largest absolute Gasteiger partial charge is 0.468 e. The molecule has 0 saturated carbocycles. The molecule has 0 amide bonds. The number of hydrogen-bond donors (Lipinski definition) is 1. The standard InChI is InChI=1S/C14H26N2O2/c1-4-7-15-11-13-6-10-18-14(13)12-16(2)8-5-9-17-3/h6,10,15H,4-5,7-9,11-12H2,1-3H3. The quantitative estimate of drug-likeness (QED) is 0.650. The van der Waals surface area contributed by atoms with Gasteiger partial charge in [0.2, 0.25) is 0 Å². The van der Waals surface area contributed by atoms with Gasteiger partial charge in [0.15, 0.2) is 0 Å². The van der Waals surface area contributed by atoms with Crippen LogP contribution in [0.25, 0.3) is 0 Å². The van der Waals surface area contributed by atoms with E-state index in [1.807, 2.05) is 0 Å². The minimum atomic E-state index is 0.813. The summed E-state index contributed by atoms with van der Waals surface area (Å²) in [5.41, 5.74) is 1.27. The smallest absolute Gasteiger partial charge is 0.122 e. The highest BCUT2D eigenvalue weighted by Crippen LogP contribution is 2.12. The number of nitrogens with zero attached hydrogens (tertiary/aromatic N) is 1. The number of nitrogens with one attached hydrogen (secondary N) is 1. The third-order valence-corrected chi connectivity index (χ3v) is 2.88. The Morgan fingerprint density at radius 1 is 1.44 bits per heavy atom. The summed E-state index contributed by atoms with van der Waals surface area (Å²) in [5.74, 6) is 1.07. The Morgan fingerprint density at radius 3 is 3.00 bits per heavy atom. The lowest BCUT2D eigenvalue weighted by Gasteiger charge is -2.15. The molecule has 0 aromatic carbocycles. The molecule has 1 heterocycles. The van der Waals surface area contributed by atoms with Crippen LogP contribution in [-0.4, -0.2) is 38.8 Å². The average Bonchev–Trinajstić information content (AvgIpc) is 2.77. The molecule has 1 N–H and O–H groups in total. The van der Waals surface area contributed by atoms with E-state index in [4.69, 9.17) is 9.15 Å². The molecule has 0 radical (unpaired) electrons. The van der Waals surface area contributed by atoms with Crippen LogP contribution in [0.1, 0.15) is 31.1 Å². The lowest BCUT2D eigenvalue weighted by molar-refractivity contribution is 0.175. The zero-order valence-corrected chi connectivity index (χ0v) is 11.9. The van der Waals surface area contributed by atoms with E-state index in [-0.39, 0.29) is 0 Å². The normalized spacial score (nSPS) is 11.3. The summed E-state index contributed by atoms with van der Waals surface area (Å²) < 4.78 is 10.6. The van der Waals surface area contributed by atoms with E-state index < -0.39 is 0 Å². The summed E-state index contributed by atoms with van der Waals surface area (Å²) in [6.45, 7) is 6.82. The Kier molecular flexibility index (Phi) is 7.73. The van der Waals surface area contributed by atoms with E-state index in [0.29, 0.717) is 0 Å². The van der Waals surface area contributed by atoms with Crippen molar-refractivity contribution in [3.8, 4) is 0 Å². The van der Waals surface area contributed by atoms with Crippen molar-refractivity contribution in [2.45, 2.75) is 32.9 Å². The number of hydrogen-bond acceptors (Lipinski definition) is 4. The zero-order chi connectivity index (χ0) is 13.2. The minimum absolute atomic E-state index is 0.813. The van der Waals surface area contributed by atoms with E-state index in [2.05, 4.69) is 30.3 Å². The van der Waals surface area contributed by atoms with Crippen molar-refractivity contribution >= 4 is 0 Å². The van der Waals surface area contributed by atoms with Gasteiger partial charge in [0.1, 0.15) is 5.76 Å². The molecule has 4 nitrogen and oxygen atoms in total. The maximum absolute atomic E-state index is 5.56. The van der Waals surface area contributed by atoms with Crippen molar-refractivity contribution in [2.24, 2.45) is 0 Å². The highest BCUT2D eigenvalue weighted by atomic mass is 16.5. The van der Waals surface area contributed by atoms with E-state index in [1.54, 1.807) is 13.4 Å². The van der Waals surface area contributed by atoms with Crippen LogP contribution in [0.5, 0.6) is 0 Å². The lowest BCUT2D eigenvalue weighted by atomic mass is 10.2. The van der Waals surface area contributed by atoms with Gasteiger partial charge in [-0.25, -0.2) is 0 Å². The average molecular weight is 254 g/mol.